The summed E-state index contributed by atoms with van der Waals surface area (Å²) in [6.07, 6.45) is 1.77. The van der Waals surface area contributed by atoms with Crippen molar-refractivity contribution in [1.29, 1.82) is 0 Å². The first kappa shape index (κ1) is 17.3. The molecule has 2 aromatic rings. The zero-order valence-corrected chi connectivity index (χ0v) is 14.7. The minimum Gasteiger partial charge on any atom is -0.460 e. The van der Waals surface area contributed by atoms with Gasteiger partial charge in [0.1, 0.15) is 6.10 Å². The van der Waals surface area contributed by atoms with Crippen molar-refractivity contribution >= 4 is 29.2 Å². The Morgan fingerprint density at radius 3 is 2.48 bits per heavy atom. The number of anilines is 1. The van der Waals surface area contributed by atoms with Gasteiger partial charge in [0.25, 0.3) is 11.9 Å². The summed E-state index contributed by atoms with van der Waals surface area (Å²) in [5.74, 6) is -0.161. The molecule has 0 spiro atoms. The maximum atomic E-state index is 12.2. The smallest absolute Gasteiger partial charge is 0.282 e. The van der Waals surface area contributed by atoms with Crippen LogP contribution in [0.1, 0.15) is 29.3 Å². The summed E-state index contributed by atoms with van der Waals surface area (Å²) >= 11 is 5.83. The summed E-state index contributed by atoms with van der Waals surface area (Å²) in [5, 5.41) is 3.48. The van der Waals surface area contributed by atoms with Crippen LogP contribution in [0, 0.1) is 0 Å². The summed E-state index contributed by atoms with van der Waals surface area (Å²) in [6, 6.07) is 15.0. The fourth-order valence-electron chi connectivity index (χ4n) is 2.74. The number of hydrogen-bond acceptors (Lipinski definition) is 4. The van der Waals surface area contributed by atoms with Crippen LogP contribution in [0.15, 0.2) is 53.5 Å². The number of carbonyl (C=O) groups is 1. The van der Waals surface area contributed by atoms with Gasteiger partial charge in [-0.3, -0.25) is 4.79 Å². The number of benzene rings is 2. The first-order valence-corrected chi connectivity index (χ1v) is 8.55. The second-order valence-electron chi connectivity index (χ2n) is 6.05. The summed E-state index contributed by atoms with van der Waals surface area (Å²) < 4.78 is 5.35. The van der Waals surface area contributed by atoms with Crippen LogP contribution in [0.3, 0.4) is 0 Å². The number of rotatable bonds is 5. The molecule has 1 aliphatic heterocycles. The highest BCUT2D eigenvalue weighted by atomic mass is 35.5. The van der Waals surface area contributed by atoms with Crippen molar-refractivity contribution in [2.75, 3.05) is 5.32 Å². The van der Waals surface area contributed by atoms with E-state index < -0.39 is 0 Å². The van der Waals surface area contributed by atoms with E-state index in [1.54, 1.807) is 24.3 Å². The van der Waals surface area contributed by atoms with Gasteiger partial charge in [-0.25, -0.2) is 4.99 Å². The molecule has 5 nitrogen and oxygen atoms in total. The van der Waals surface area contributed by atoms with E-state index in [-0.39, 0.29) is 24.1 Å². The lowest BCUT2D eigenvalue weighted by Crippen LogP contribution is -2.20. The highest BCUT2D eigenvalue weighted by Gasteiger charge is 2.25. The fraction of sp³-hybridized carbons (Fsp3) is 0.263. The van der Waals surface area contributed by atoms with Gasteiger partial charge in [-0.1, -0.05) is 23.7 Å². The molecule has 2 atom stereocenters. The predicted octanol–water partition coefficient (Wildman–Crippen LogP) is 3.63. The number of ether oxygens (including phenoxy) is 1. The fourth-order valence-corrected chi connectivity index (χ4v) is 2.87. The van der Waals surface area contributed by atoms with E-state index in [1.165, 1.54) is 5.56 Å². The first-order chi connectivity index (χ1) is 12.0. The largest absolute Gasteiger partial charge is 0.460 e. The number of aryl methyl sites for hydroxylation is 1. The molecule has 3 N–H and O–H groups in total. The number of nitrogens with one attached hydrogen (secondary N) is 1. The molecular weight excluding hydrogens is 338 g/mol. The molecule has 2 aromatic carbocycles. The van der Waals surface area contributed by atoms with E-state index in [1.807, 2.05) is 31.2 Å². The minimum atomic E-state index is -0.161. The molecule has 25 heavy (non-hydrogen) atoms. The lowest BCUT2D eigenvalue weighted by Gasteiger charge is -2.12. The Morgan fingerprint density at radius 2 is 1.88 bits per heavy atom. The lowest BCUT2D eigenvalue weighted by atomic mass is 10.0. The van der Waals surface area contributed by atoms with E-state index in [0.29, 0.717) is 10.6 Å². The van der Waals surface area contributed by atoms with Crippen molar-refractivity contribution in [3.8, 4) is 0 Å². The molecule has 0 saturated carbocycles. The summed E-state index contributed by atoms with van der Waals surface area (Å²) in [7, 11) is 0. The topological polar surface area (TPSA) is 76.7 Å². The predicted molar refractivity (Wildman–Crippen MR) is 100 cm³/mol. The van der Waals surface area contributed by atoms with Gasteiger partial charge in [0.15, 0.2) is 0 Å². The average Bonchev–Trinajstić information content (AvgIpc) is 2.92. The van der Waals surface area contributed by atoms with Crippen LogP contribution in [-0.4, -0.2) is 24.1 Å². The van der Waals surface area contributed by atoms with Crippen molar-refractivity contribution in [2.45, 2.75) is 31.9 Å². The van der Waals surface area contributed by atoms with Crippen LogP contribution in [0.2, 0.25) is 5.02 Å². The van der Waals surface area contributed by atoms with Crippen LogP contribution in [0.25, 0.3) is 0 Å². The molecular formula is C19H20ClN3O2. The van der Waals surface area contributed by atoms with Gasteiger partial charge in [-0.15, -0.1) is 0 Å². The number of nitrogens with zero attached hydrogens (tertiary/aromatic N) is 1. The Labute approximate surface area is 151 Å². The number of carbonyl (C=O) groups excluding carboxylic acids is 1. The number of amidine groups is 1. The molecule has 0 bridgehead atoms. The Balaban J connectivity index is 1.55. The molecule has 1 aliphatic rings. The molecule has 0 aliphatic carbocycles. The van der Waals surface area contributed by atoms with Gasteiger partial charge in [0.2, 0.25) is 0 Å². The number of hydrogen-bond donors (Lipinski definition) is 2. The Morgan fingerprint density at radius 1 is 1.20 bits per heavy atom. The van der Waals surface area contributed by atoms with Crippen LogP contribution >= 0.6 is 11.6 Å². The van der Waals surface area contributed by atoms with Gasteiger partial charge in [0.05, 0.1) is 6.04 Å². The van der Waals surface area contributed by atoms with E-state index in [2.05, 4.69) is 10.3 Å². The molecule has 0 saturated heterocycles. The van der Waals surface area contributed by atoms with Crippen molar-refractivity contribution in [2.24, 2.45) is 10.7 Å². The Kier molecular flexibility index (Phi) is 5.24. The van der Waals surface area contributed by atoms with Gasteiger partial charge in [-0.2, -0.15) is 0 Å². The van der Waals surface area contributed by atoms with Crippen molar-refractivity contribution in [3.63, 3.8) is 0 Å². The normalized spacial score (nSPS) is 19.2. The van der Waals surface area contributed by atoms with Crippen molar-refractivity contribution in [3.05, 3.63) is 64.7 Å². The second kappa shape index (κ2) is 7.57. The minimum absolute atomic E-state index is 0.0259. The van der Waals surface area contributed by atoms with E-state index in [0.717, 1.165) is 18.5 Å². The highest BCUT2D eigenvalue weighted by Crippen LogP contribution is 2.19. The zero-order valence-electron chi connectivity index (χ0n) is 13.9. The van der Waals surface area contributed by atoms with Gasteiger partial charge >= 0.3 is 0 Å². The molecule has 1 amide bonds. The first-order valence-electron chi connectivity index (χ1n) is 8.17. The Bertz CT molecular complexity index is 772. The molecule has 130 valence electrons. The third kappa shape index (κ3) is 4.51. The highest BCUT2D eigenvalue weighted by molar-refractivity contribution is 6.30. The van der Waals surface area contributed by atoms with Crippen LogP contribution in [-0.2, 0) is 11.2 Å². The summed E-state index contributed by atoms with van der Waals surface area (Å²) in [6.45, 7) is 1.98. The molecule has 0 radical (unpaired) electrons. The summed E-state index contributed by atoms with van der Waals surface area (Å²) in [4.78, 5) is 16.5. The van der Waals surface area contributed by atoms with Gasteiger partial charge < -0.3 is 15.8 Å². The summed E-state index contributed by atoms with van der Waals surface area (Å²) in [5.41, 5.74) is 8.09. The van der Waals surface area contributed by atoms with Gasteiger partial charge in [0, 0.05) is 16.3 Å². The van der Waals surface area contributed by atoms with Crippen molar-refractivity contribution in [1.82, 2.24) is 0 Å². The maximum absolute atomic E-state index is 12.2. The van der Waals surface area contributed by atoms with Crippen molar-refractivity contribution < 1.29 is 9.53 Å². The average molecular weight is 358 g/mol. The number of aliphatic imine (C=N–C) groups is 1. The molecule has 2 unspecified atom stereocenters. The third-order valence-corrected chi connectivity index (χ3v) is 4.44. The third-order valence-electron chi connectivity index (χ3n) is 4.19. The van der Waals surface area contributed by atoms with E-state index in [4.69, 9.17) is 22.1 Å². The van der Waals surface area contributed by atoms with Gasteiger partial charge in [-0.05, 0) is 61.7 Å². The monoisotopic (exact) mass is 357 g/mol. The standard InChI is InChI=1S/C19H20ClN3O2/c1-12-17(23-19(21)25-12)11-4-13-2-9-16(10-3-13)22-18(24)14-5-7-15(20)8-6-14/h2-3,5-10,12,17H,4,11H2,1H3,(H2,21,23)(H,22,24). The zero-order chi connectivity index (χ0) is 17.8. The van der Waals surface area contributed by atoms with E-state index in [9.17, 15) is 4.79 Å². The van der Waals surface area contributed by atoms with E-state index >= 15 is 0 Å². The molecule has 1 heterocycles. The SMILES string of the molecule is CC1OC(N)=NC1CCc1ccc(NC(=O)c2ccc(Cl)cc2)cc1. The Hall–Kier alpha value is -2.53. The molecule has 0 aromatic heterocycles. The van der Waals surface area contributed by atoms with Crippen LogP contribution in [0.5, 0.6) is 0 Å². The quantitative estimate of drug-likeness (QED) is 0.857. The van der Waals surface area contributed by atoms with Crippen LogP contribution < -0.4 is 11.1 Å². The number of amides is 1. The lowest BCUT2D eigenvalue weighted by molar-refractivity contribution is 0.102. The molecule has 6 heteroatoms. The number of halogens is 1. The van der Waals surface area contributed by atoms with Crippen LogP contribution in [0.4, 0.5) is 5.69 Å². The molecule has 3 rings (SSSR count). The second-order valence-corrected chi connectivity index (χ2v) is 6.49. The molecule has 0 fully saturated rings. The maximum Gasteiger partial charge on any atom is 0.282 e. The number of nitrogens with two attached hydrogens (primary N) is 1.